The van der Waals surface area contributed by atoms with Crippen molar-refractivity contribution in [2.45, 2.75) is 82.3 Å². The average Bonchev–Trinajstić information content (AvgIpc) is 3.86. The number of halogens is 3. The number of nitrogens with one attached hydrogen (secondary N) is 1. The molecule has 0 aliphatic carbocycles. The van der Waals surface area contributed by atoms with Crippen molar-refractivity contribution in [1.82, 2.24) is 15.1 Å². The fraction of sp³-hybridized carbons (Fsp3) is 0.500. The molecule has 2 N–H and O–H groups in total. The molecular weight excluding hydrogens is 691 g/mol. The molecule has 0 aromatic heterocycles. The number of carbonyl (C=O) groups is 2. The lowest BCUT2D eigenvalue weighted by Crippen LogP contribution is -2.50. The Morgan fingerprint density at radius 2 is 1.58 bits per heavy atom. The zero-order chi connectivity index (χ0) is 37.2. The zero-order valence-corrected chi connectivity index (χ0v) is 29.7. The van der Waals surface area contributed by atoms with E-state index in [0.29, 0.717) is 24.5 Å². The maximum absolute atomic E-state index is 13.1. The summed E-state index contributed by atoms with van der Waals surface area (Å²) in [5.74, 6) is -3.02. The fourth-order valence-electron chi connectivity index (χ4n) is 7.97. The SMILES string of the molecule is C[C@H]1[C@@H](CN2CCC3(CC2)OCCO3)O[C@@H](c2ccc(-c3ccccc3CNC(=O)[C@@H]3CCCN3C(=O)C(F)(F)F)cc2)O[C@H]1c1ccc(CO)cc1. The molecule has 1 spiro atoms. The summed E-state index contributed by atoms with van der Waals surface area (Å²) in [7, 11) is 0. The van der Waals surface area contributed by atoms with Gasteiger partial charge in [0.15, 0.2) is 12.1 Å². The third-order valence-corrected chi connectivity index (χ3v) is 11.0. The lowest BCUT2D eigenvalue weighted by atomic mass is 9.89. The summed E-state index contributed by atoms with van der Waals surface area (Å²) in [6.07, 6.45) is -3.94. The van der Waals surface area contributed by atoms with E-state index in [1.54, 1.807) is 0 Å². The highest BCUT2D eigenvalue weighted by molar-refractivity contribution is 5.90. The molecule has 284 valence electrons. The first-order valence-electron chi connectivity index (χ1n) is 18.4. The van der Waals surface area contributed by atoms with Gasteiger partial charge in [-0.3, -0.25) is 9.59 Å². The second-order valence-corrected chi connectivity index (χ2v) is 14.4. The molecule has 0 bridgehead atoms. The molecule has 0 radical (unpaired) electrons. The molecule has 13 heteroatoms. The summed E-state index contributed by atoms with van der Waals surface area (Å²) in [6.45, 7) is 5.77. The van der Waals surface area contributed by atoms with Crippen molar-refractivity contribution >= 4 is 11.8 Å². The number of aliphatic hydroxyl groups is 1. The Kier molecular flexibility index (Phi) is 11.2. The molecule has 53 heavy (non-hydrogen) atoms. The Bertz CT molecular complexity index is 1720. The first-order chi connectivity index (χ1) is 25.5. The quantitative estimate of drug-likeness (QED) is 0.291. The Labute approximate surface area is 307 Å². The van der Waals surface area contributed by atoms with Crippen LogP contribution in [0.15, 0.2) is 72.8 Å². The molecule has 10 nitrogen and oxygen atoms in total. The topological polar surface area (TPSA) is 110 Å². The summed E-state index contributed by atoms with van der Waals surface area (Å²) in [5, 5.41) is 12.4. The van der Waals surface area contributed by atoms with E-state index in [4.69, 9.17) is 18.9 Å². The second kappa shape index (κ2) is 15.9. The number of ether oxygens (including phenoxy) is 4. The van der Waals surface area contributed by atoms with Crippen LogP contribution >= 0.6 is 0 Å². The Balaban J connectivity index is 1.05. The van der Waals surface area contributed by atoms with Gasteiger partial charge in [0, 0.05) is 57.0 Å². The van der Waals surface area contributed by atoms with Crippen molar-refractivity contribution in [3.05, 3.63) is 95.1 Å². The molecule has 4 aliphatic rings. The van der Waals surface area contributed by atoms with Crippen LogP contribution < -0.4 is 5.32 Å². The van der Waals surface area contributed by atoms with Gasteiger partial charge in [-0.05, 0) is 40.7 Å². The predicted molar refractivity (Wildman–Crippen MR) is 188 cm³/mol. The van der Waals surface area contributed by atoms with Crippen LogP contribution in [0.3, 0.4) is 0 Å². The minimum absolute atomic E-state index is 0.0327. The molecule has 7 rings (SSSR count). The number of nitrogens with zero attached hydrogens (tertiary/aromatic N) is 2. The van der Waals surface area contributed by atoms with E-state index in [2.05, 4.69) is 17.1 Å². The van der Waals surface area contributed by atoms with E-state index in [9.17, 15) is 27.9 Å². The minimum Gasteiger partial charge on any atom is -0.392 e. The highest BCUT2D eigenvalue weighted by Crippen LogP contribution is 2.43. The van der Waals surface area contributed by atoms with Crippen molar-refractivity contribution in [2.24, 2.45) is 5.92 Å². The summed E-state index contributed by atoms with van der Waals surface area (Å²) in [4.78, 5) is 27.9. The van der Waals surface area contributed by atoms with E-state index in [1.807, 2.05) is 72.8 Å². The van der Waals surface area contributed by atoms with Crippen molar-refractivity contribution in [3.63, 3.8) is 0 Å². The molecule has 5 atom stereocenters. The van der Waals surface area contributed by atoms with E-state index < -0.39 is 36.1 Å². The highest BCUT2D eigenvalue weighted by atomic mass is 19.4. The number of hydrogen-bond donors (Lipinski definition) is 2. The zero-order valence-electron chi connectivity index (χ0n) is 29.7. The number of rotatable bonds is 9. The number of hydrogen-bond acceptors (Lipinski definition) is 8. The number of likely N-dealkylation sites (tertiary alicyclic amines) is 2. The van der Waals surface area contributed by atoms with Crippen molar-refractivity contribution in [1.29, 1.82) is 0 Å². The largest absolute Gasteiger partial charge is 0.471 e. The Morgan fingerprint density at radius 1 is 0.906 bits per heavy atom. The average molecular weight is 738 g/mol. The van der Waals surface area contributed by atoms with E-state index in [-0.39, 0.29) is 44.2 Å². The highest BCUT2D eigenvalue weighted by Gasteiger charge is 2.48. The lowest BCUT2D eigenvalue weighted by Gasteiger charge is -2.44. The number of carbonyl (C=O) groups excluding carboxylic acids is 2. The van der Waals surface area contributed by atoms with Crippen LogP contribution in [0.5, 0.6) is 0 Å². The van der Waals surface area contributed by atoms with Crippen LogP contribution in [0.1, 0.15) is 67.3 Å². The van der Waals surface area contributed by atoms with E-state index >= 15 is 0 Å². The minimum atomic E-state index is -5.03. The first-order valence-corrected chi connectivity index (χ1v) is 18.4. The van der Waals surface area contributed by atoms with Gasteiger partial charge < -0.3 is 39.2 Å². The molecule has 4 saturated heterocycles. The third-order valence-electron chi connectivity index (χ3n) is 11.0. The van der Waals surface area contributed by atoms with Gasteiger partial charge in [-0.15, -0.1) is 0 Å². The monoisotopic (exact) mass is 737 g/mol. The molecular formula is C40H46F3N3O7. The van der Waals surface area contributed by atoms with Gasteiger partial charge in [-0.1, -0.05) is 79.7 Å². The molecule has 3 aromatic carbocycles. The molecule has 4 heterocycles. The standard InChI is InChI=1S/C40H46F3N3O7/c1-26-34(24-45-19-16-39(17-20-45)50-21-22-51-39)52-37(53-35(26)29-10-8-27(25-47)9-11-29)30-14-12-28(13-15-30)32-6-3-2-5-31(32)23-44-36(48)33-7-4-18-46(33)38(49)40(41,42)43/h2-3,5-6,8-15,26,33-35,37,47H,4,7,16-25H2,1H3,(H,44,48)/t26-,33-,34+,35+,37+/m0/s1. The number of alkyl halides is 3. The summed E-state index contributed by atoms with van der Waals surface area (Å²) >= 11 is 0. The molecule has 4 aliphatic heterocycles. The van der Waals surface area contributed by atoms with Crippen LogP contribution in [0.4, 0.5) is 13.2 Å². The summed E-state index contributed by atoms with van der Waals surface area (Å²) in [6, 6.07) is 22.0. The molecule has 4 fully saturated rings. The van der Waals surface area contributed by atoms with Gasteiger partial charge in [-0.25, -0.2) is 0 Å². The second-order valence-electron chi connectivity index (χ2n) is 14.4. The molecule has 0 saturated carbocycles. The number of aliphatic hydroxyl groups excluding tert-OH is 1. The van der Waals surface area contributed by atoms with Gasteiger partial charge in [0.05, 0.1) is 32.0 Å². The van der Waals surface area contributed by atoms with Gasteiger partial charge in [0.2, 0.25) is 5.91 Å². The number of piperidine rings is 1. The molecule has 0 unspecified atom stereocenters. The van der Waals surface area contributed by atoms with Crippen LogP contribution in [0.2, 0.25) is 0 Å². The van der Waals surface area contributed by atoms with E-state index in [1.165, 1.54) is 0 Å². The number of amides is 2. The maximum atomic E-state index is 13.1. The summed E-state index contributed by atoms with van der Waals surface area (Å²) in [5.41, 5.74) is 5.19. The Morgan fingerprint density at radius 3 is 2.26 bits per heavy atom. The summed E-state index contributed by atoms with van der Waals surface area (Å²) < 4.78 is 64.6. The predicted octanol–water partition coefficient (Wildman–Crippen LogP) is 5.65. The van der Waals surface area contributed by atoms with Crippen molar-refractivity contribution < 1.29 is 46.8 Å². The first kappa shape index (κ1) is 37.5. The number of benzene rings is 3. The molecule has 3 aromatic rings. The lowest BCUT2D eigenvalue weighted by molar-refractivity contribution is -0.278. The van der Waals surface area contributed by atoms with Gasteiger partial charge in [0.1, 0.15) is 6.04 Å². The van der Waals surface area contributed by atoms with Crippen molar-refractivity contribution in [2.75, 3.05) is 39.4 Å². The van der Waals surface area contributed by atoms with Gasteiger partial charge in [-0.2, -0.15) is 13.2 Å². The smallest absolute Gasteiger partial charge is 0.392 e. The van der Waals surface area contributed by atoms with Crippen molar-refractivity contribution in [3.8, 4) is 11.1 Å². The van der Waals surface area contributed by atoms with Crippen LogP contribution in [0.25, 0.3) is 11.1 Å². The van der Waals surface area contributed by atoms with Crippen LogP contribution in [-0.2, 0) is 41.7 Å². The van der Waals surface area contributed by atoms with Crippen LogP contribution in [0, 0.1) is 5.92 Å². The third kappa shape index (κ3) is 8.30. The maximum Gasteiger partial charge on any atom is 0.471 e. The fourth-order valence-corrected chi connectivity index (χ4v) is 7.97. The Hall–Kier alpha value is -3.85. The van der Waals surface area contributed by atoms with Gasteiger partial charge in [0.25, 0.3) is 0 Å². The van der Waals surface area contributed by atoms with Gasteiger partial charge >= 0.3 is 12.1 Å². The van der Waals surface area contributed by atoms with Crippen LogP contribution in [-0.4, -0.2) is 90.2 Å². The van der Waals surface area contributed by atoms with E-state index in [0.717, 1.165) is 65.9 Å². The molecule has 2 amide bonds. The normalized spacial score (nSPS) is 26.2.